The monoisotopic (exact) mass is 260 g/mol. The van der Waals surface area contributed by atoms with Gasteiger partial charge in [0.05, 0.1) is 6.10 Å². The molecule has 0 radical (unpaired) electrons. The summed E-state index contributed by atoms with van der Waals surface area (Å²) in [6.45, 7) is 1.39. The van der Waals surface area contributed by atoms with Crippen molar-refractivity contribution in [3.05, 3.63) is 35.9 Å². The topological polar surface area (TPSA) is 64.4 Å². The van der Waals surface area contributed by atoms with Gasteiger partial charge in [-0.25, -0.2) is 0 Å². The molecule has 0 saturated carbocycles. The molecule has 1 aromatic rings. The highest BCUT2D eigenvalue weighted by Gasteiger charge is 2.13. The minimum absolute atomic E-state index is 0.100. The molecule has 0 aromatic heterocycles. The number of hydrogen-bond donors (Lipinski definition) is 2. The number of nitrogen functional groups attached to an aromatic ring is 1. The van der Waals surface area contributed by atoms with Crippen LogP contribution in [0.4, 0.5) is 5.69 Å². The van der Waals surface area contributed by atoms with Crippen molar-refractivity contribution in [2.24, 2.45) is 0 Å². The minimum atomic E-state index is -0.100. The predicted octanol–water partition coefficient (Wildman–Crippen LogP) is 1.97. The van der Waals surface area contributed by atoms with Crippen LogP contribution in [0.3, 0.4) is 0 Å². The molecule has 0 bridgehead atoms. The van der Waals surface area contributed by atoms with Gasteiger partial charge in [0, 0.05) is 24.9 Å². The largest absolute Gasteiger partial charge is 0.399 e. The predicted molar refractivity (Wildman–Crippen MR) is 76.5 cm³/mol. The summed E-state index contributed by atoms with van der Waals surface area (Å²) < 4.78 is 5.55. The molecule has 0 aliphatic carbocycles. The van der Waals surface area contributed by atoms with Crippen LogP contribution in [-0.2, 0) is 9.53 Å². The van der Waals surface area contributed by atoms with Gasteiger partial charge in [-0.2, -0.15) is 0 Å². The molecule has 1 atom stereocenters. The molecular weight excluding hydrogens is 240 g/mol. The molecule has 1 aliphatic rings. The van der Waals surface area contributed by atoms with Crippen molar-refractivity contribution in [2.75, 3.05) is 18.9 Å². The van der Waals surface area contributed by atoms with Crippen molar-refractivity contribution in [3.8, 4) is 0 Å². The van der Waals surface area contributed by atoms with Crippen LogP contribution in [0.25, 0.3) is 6.08 Å². The summed E-state index contributed by atoms with van der Waals surface area (Å²) in [5.74, 6) is -0.100. The van der Waals surface area contributed by atoms with Gasteiger partial charge in [-0.3, -0.25) is 4.79 Å². The molecule has 1 saturated heterocycles. The van der Waals surface area contributed by atoms with E-state index in [2.05, 4.69) is 5.32 Å². The standard InChI is InChI=1S/C15H20N2O2/c16-13-5-3-4-12(10-13)7-8-15(18)17-11-14-6-1-2-9-19-14/h3-5,7-8,10,14H,1-2,6,9,11,16H2,(H,17,18)/b8-7+. The number of nitrogens with two attached hydrogens (primary N) is 1. The average molecular weight is 260 g/mol. The van der Waals surface area contributed by atoms with Gasteiger partial charge >= 0.3 is 0 Å². The van der Waals surface area contributed by atoms with Crippen molar-refractivity contribution >= 4 is 17.7 Å². The maximum absolute atomic E-state index is 11.7. The highest BCUT2D eigenvalue weighted by atomic mass is 16.5. The first-order chi connectivity index (χ1) is 9.24. The fourth-order valence-corrected chi connectivity index (χ4v) is 2.08. The Kier molecular flexibility index (Phi) is 4.98. The number of benzene rings is 1. The first-order valence-electron chi connectivity index (χ1n) is 6.67. The zero-order valence-corrected chi connectivity index (χ0v) is 11.0. The Morgan fingerprint density at radius 1 is 1.47 bits per heavy atom. The third kappa shape index (κ3) is 4.75. The van der Waals surface area contributed by atoms with Gasteiger partial charge in [-0.15, -0.1) is 0 Å². The number of hydrogen-bond acceptors (Lipinski definition) is 3. The van der Waals surface area contributed by atoms with Crippen molar-refractivity contribution in [1.29, 1.82) is 0 Å². The van der Waals surface area contributed by atoms with Gasteiger partial charge in [-0.1, -0.05) is 12.1 Å². The second-order valence-corrected chi connectivity index (χ2v) is 4.74. The molecule has 1 aromatic carbocycles. The molecule has 3 N–H and O–H groups in total. The van der Waals surface area contributed by atoms with E-state index in [1.807, 2.05) is 24.3 Å². The number of rotatable bonds is 4. The van der Waals surface area contributed by atoms with Gasteiger partial charge in [0.2, 0.25) is 5.91 Å². The molecule has 0 spiro atoms. The quantitative estimate of drug-likeness (QED) is 0.642. The van der Waals surface area contributed by atoms with Gasteiger partial charge in [0.25, 0.3) is 0 Å². The van der Waals surface area contributed by atoms with E-state index in [1.54, 1.807) is 6.08 Å². The maximum atomic E-state index is 11.7. The number of ether oxygens (including phenoxy) is 1. The summed E-state index contributed by atoms with van der Waals surface area (Å²) in [6.07, 6.45) is 6.78. The first-order valence-corrected chi connectivity index (χ1v) is 6.67. The summed E-state index contributed by atoms with van der Waals surface area (Å²) in [7, 11) is 0. The Labute approximate surface area is 113 Å². The zero-order valence-electron chi connectivity index (χ0n) is 11.0. The fourth-order valence-electron chi connectivity index (χ4n) is 2.08. The van der Waals surface area contributed by atoms with Crippen LogP contribution in [0.5, 0.6) is 0 Å². The van der Waals surface area contributed by atoms with Crippen molar-refractivity contribution in [2.45, 2.75) is 25.4 Å². The number of nitrogens with one attached hydrogen (secondary N) is 1. The summed E-state index contributed by atoms with van der Waals surface area (Å²) in [6, 6.07) is 7.42. The SMILES string of the molecule is Nc1cccc(/C=C/C(=O)NCC2CCCCO2)c1. The molecule has 4 nitrogen and oxygen atoms in total. The molecule has 1 heterocycles. The fraction of sp³-hybridized carbons (Fsp3) is 0.400. The molecule has 1 unspecified atom stereocenters. The summed E-state index contributed by atoms with van der Waals surface area (Å²) >= 11 is 0. The third-order valence-electron chi connectivity index (χ3n) is 3.12. The molecular formula is C15H20N2O2. The van der Waals surface area contributed by atoms with Gasteiger partial charge < -0.3 is 15.8 Å². The van der Waals surface area contributed by atoms with E-state index < -0.39 is 0 Å². The lowest BCUT2D eigenvalue weighted by Crippen LogP contribution is -2.34. The summed E-state index contributed by atoms with van der Waals surface area (Å²) in [4.78, 5) is 11.7. The van der Waals surface area contributed by atoms with Crippen LogP contribution in [0.2, 0.25) is 0 Å². The maximum Gasteiger partial charge on any atom is 0.244 e. The molecule has 1 aliphatic heterocycles. The van der Waals surface area contributed by atoms with Crippen molar-refractivity contribution in [1.82, 2.24) is 5.32 Å². The van der Waals surface area contributed by atoms with Gasteiger partial charge in [0.1, 0.15) is 0 Å². The van der Waals surface area contributed by atoms with E-state index >= 15 is 0 Å². The second kappa shape index (κ2) is 6.95. The Balaban J connectivity index is 1.77. The number of carbonyl (C=O) groups is 1. The normalized spacial score (nSPS) is 19.5. The van der Waals surface area contributed by atoms with Crippen LogP contribution in [-0.4, -0.2) is 25.2 Å². The second-order valence-electron chi connectivity index (χ2n) is 4.74. The van der Waals surface area contributed by atoms with Crippen LogP contribution in [0.15, 0.2) is 30.3 Å². The number of carbonyl (C=O) groups excluding carboxylic acids is 1. The lowest BCUT2D eigenvalue weighted by Gasteiger charge is -2.22. The Hall–Kier alpha value is -1.81. The Bertz CT molecular complexity index is 451. The summed E-state index contributed by atoms with van der Waals surface area (Å²) in [5, 5.41) is 2.86. The lowest BCUT2D eigenvalue weighted by atomic mass is 10.1. The van der Waals surface area contributed by atoms with Crippen molar-refractivity contribution in [3.63, 3.8) is 0 Å². The average Bonchev–Trinajstić information content (AvgIpc) is 2.44. The van der Waals surface area contributed by atoms with E-state index in [9.17, 15) is 4.79 Å². The minimum Gasteiger partial charge on any atom is -0.399 e. The Morgan fingerprint density at radius 3 is 3.11 bits per heavy atom. The summed E-state index contributed by atoms with van der Waals surface area (Å²) in [5.41, 5.74) is 7.28. The van der Waals surface area contributed by atoms with E-state index in [0.29, 0.717) is 12.2 Å². The van der Waals surface area contributed by atoms with Crippen LogP contribution in [0, 0.1) is 0 Å². The lowest BCUT2D eigenvalue weighted by molar-refractivity contribution is -0.117. The van der Waals surface area contributed by atoms with Crippen LogP contribution in [0.1, 0.15) is 24.8 Å². The van der Waals surface area contributed by atoms with Crippen molar-refractivity contribution < 1.29 is 9.53 Å². The van der Waals surface area contributed by atoms with Crippen LogP contribution < -0.4 is 11.1 Å². The molecule has 4 heteroatoms. The third-order valence-corrected chi connectivity index (χ3v) is 3.12. The molecule has 102 valence electrons. The Morgan fingerprint density at radius 2 is 2.37 bits per heavy atom. The highest BCUT2D eigenvalue weighted by Crippen LogP contribution is 2.11. The molecule has 2 rings (SSSR count). The zero-order chi connectivity index (χ0) is 13.5. The highest BCUT2D eigenvalue weighted by molar-refractivity contribution is 5.91. The van der Waals surface area contributed by atoms with E-state index in [0.717, 1.165) is 25.0 Å². The smallest absolute Gasteiger partial charge is 0.244 e. The molecule has 19 heavy (non-hydrogen) atoms. The number of anilines is 1. The molecule has 1 amide bonds. The van der Waals surface area contributed by atoms with E-state index in [1.165, 1.54) is 12.5 Å². The van der Waals surface area contributed by atoms with Gasteiger partial charge in [0.15, 0.2) is 0 Å². The molecule has 1 fully saturated rings. The first kappa shape index (κ1) is 13.6. The number of amides is 1. The van der Waals surface area contributed by atoms with E-state index in [4.69, 9.17) is 10.5 Å². The van der Waals surface area contributed by atoms with Crippen LogP contribution >= 0.6 is 0 Å². The van der Waals surface area contributed by atoms with Gasteiger partial charge in [-0.05, 0) is 43.0 Å². The van der Waals surface area contributed by atoms with E-state index in [-0.39, 0.29) is 12.0 Å².